The van der Waals surface area contributed by atoms with Gasteiger partial charge in [-0.3, -0.25) is 4.68 Å². The molecule has 0 radical (unpaired) electrons. The zero-order valence-electron chi connectivity index (χ0n) is 11.0. The summed E-state index contributed by atoms with van der Waals surface area (Å²) in [4.78, 5) is 2.15. The van der Waals surface area contributed by atoms with Crippen LogP contribution in [0.4, 0.5) is 0 Å². The topological polar surface area (TPSA) is 33.1 Å². The molecule has 0 unspecified atom stereocenters. The van der Waals surface area contributed by atoms with Crippen LogP contribution in [-0.4, -0.2) is 48.4 Å². The molecule has 1 heterocycles. The van der Waals surface area contributed by atoms with Crippen LogP contribution in [0.3, 0.4) is 0 Å². The van der Waals surface area contributed by atoms with Gasteiger partial charge in [-0.2, -0.15) is 5.10 Å². The summed E-state index contributed by atoms with van der Waals surface area (Å²) >= 11 is 6.15. The molecule has 1 N–H and O–H groups in total. The van der Waals surface area contributed by atoms with E-state index in [-0.39, 0.29) is 0 Å². The quantitative estimate of drug-likeness (QED) is 0.720. The van der Waals surface area contributed by atoms with Crippen molar-refractivity contribution in [1.29, 1.82) is 0 Å². The van der Waals surface area contributed by atoms with Crippen molar-refractivity contribution in [3.05, 3.63) is 16.9 Å². The Kier molecular flexibility index (Phi) is 6.55. The number of nitrogens with zero attached hydrogens (tertiary/aromatic N) is 3. The maximum atomic E-state index is 6.15. The highest BCUT2D eigenvalue weighted by Gasteiger charge is 2.08. The van der Waals surface area contributed by atoms with Crippen LogP contribution >= 0.6 is 11.6 Å². The summed E-state index contributed by atoms with van der Waals surface area (Å²) in [6.07, 6.45) is 3.84. The third-order valence-corrected chi connectivity index (χ3v) is 2.94. The van der Waals surface area contributed by atoms with Crippen molar-refractivity contribution in [2.75, 3.05) is 33.7 Å². The molecule has 0 aliphatic carbocycles. The van der Waals surface area contributed by atoms with Gasteiger partial charge in [-0.1, -0.05) is 18.5 Å². The fourth-order valence-electron chi connectivity index (χ4n) is 1.63. The highest BCUT2D eigenvalue weighted by Crippen LogP contribution is 2.15. The minimum absolute atomic E-state index is 0.780. The van der Waals surface area contributed by atoms with Gasteiger partial charge in [0, 0.05) is 19.5 Å². The summed E-state index contributed by atoms with van der Waals surface area (Å²) in [7, 11) is 4.13. The molecule has 0 aliphatic heterocycles. The first-order valence-corrected chi connectivity index (χ1v) is 6.58. The maximum absolute atomic E-state index is 6.15. The van der Waals surface area contributed by atoms with Crippen LogP contribution in [0.1, 0.15) is 19.0 Å². The van der Waals surface area contributed by atoms with Gasteiger partial charge in [0.25, 0.3) is 0 Å². The summed E-state index contributed by atoms with van der Waals surface area (Å²) in [5.74, 6) is 0. The number of hydrogen-bond donors (Lipinski definition) is 1. The monoisotopic (exact) mass is 258 g/mol. The summed E-state index contributed by atoms with van der Waals surface area (Å²) in [5.41, 5.74) is 1.14. The van der Waals surface area contributed by atoms with E-state index in [2.05, 4.69) is 36.3 Å². The van der Waals surface area contributed by atoms with Crippen molar-refractivity contribution >= 4 is 11.6 Å². The molecule has 0 aromatic carbocycles. The normalized spacial score (nSPS) is 11.4. The number of rotatable bonds is 8. The highest BCUT2D eigenvalue weighted by molar-refractivity contribution is 6.31. The molecule has 1 aromatic heterocycles. The van der Waals surface area contributed by atoms with E-state index in [1.54, 1.807) is 6.20 Å². The van der Waals surface area contributed by atoms with Gasteiger partial charge < -0.3 is 10.2 Å². The van der Waals surface area contributed by atoms with Gasteiger partial charge in [0.05, 0.1) is 23.5 Å². The Balaban J connectivity index is 2.47. The molecular weight excluding hydrogens is 236 g/mol. The van der Waals surface area contributed by atoms with E-state index in [1.807, 2.05) is 4.68 Å². The van der Waals surface area contributed by atoms with Gasteiger partial charge in [-0.25, -0.2) is 0 Å². The molecule has 0 atom stereocenters. The van der Waals surface area contributed by atoms with E-state index >= 15 is 0 Å². The van der Waals surface area contributed by atoms with Gasteiger partial charge in [-0.05, 0) is 27.1 Å². The minimum atomic E-state index is 0.780. The van der Waals surface area contributed by atoms with Crippen LogP contribution in [-0.2, 0) is 13.0 Å². The second-order valence-corrected chi connectivity index (χ2v) is 4.87. The lowest BCUT2D eigenvalue weighted by Gasteiger charge is -2.12. The number of likely N-dealkylation sites (N-methyl/N-ethyl adjacent to an activating group) is 1. The van der Waals surface area contributed by atoms with E-state index in [0.29, 0.717) is 0 Å². The molecule has 0 saturated carbocycles. The van der Waals surface area contributed by atoms with Crippen molar-refractivity contribution in [3.63, 3.8) is 0 Å². The molecule has 1 aromatic rings. The molecule has 4 nitrogen and oxygen atoms in total. The minimum Gasteiger partial charge on any atom is -0.316 e. The van der Waals surface area contributed by atoms with Crippen LogP contribution in [0.25, 0.3) is 0 Å². The summed E-state index contributed by atoms with van der Waals surface area (Å²) in [6.45, 7) is 6.06. The molecule has 0 bridgehead atoms. The summed E-state index contributed by atoms with van der Waals surface area (Å²) in [6, 6.07) is 0. The number of nitrogens with one attached hydrogen (secondary N) is 1. The molecule has 0 saturated heterocycles. The average molecular weight is 259 g/mol. The molecule has 0 aliphatic rings. The molecule has 17 heavy (non-hydrogen) atoms. The largest absolute Gasteiger partial charge is 0.316 e. The second kappa shape index (κ2) is 7.69. The first-order chi connectivity index (χ1) is 8.15. The van der Waals surface area contributed by atoms with Crippen LogP contribution in [0.5, 0.6) is 0 Å². The molecule has 98 valence electrons. The lowest BCUT2D eigenvalue weighted by atomic mass is 10.3. The number of halogens is 1. The third kappa shape index (κ3) is 5.06. The van der Waals surface area contributed by atoms with Gasteiger partial charge >= 0.3 is 0 Å². The maximum Gasteiger partial charge on any atom is 0.0818 e. The number of aromatic nitrogens is 2. The zero-order valence-corrected chi connectivity index (χ0v) is 11.8. The van der Waals surface area contributed by atoms with E-state index in [1.165, 1.54) is 0 Å². The SMILES string of the molecule is CCCNCCc1c(Cl)cnn1CCN(C)C. The first kappa shape index (κ1) is 14.5. The van der Waals surface area contributed by atoms with Crippen molar-refractivity contribution in [2.24, 2.45) is 0 Å². The Bertz CT molecular complexity index is 322. The molecular formula is C12H23ClN4. The molecule has 1 rings (SSSR count). The smallest absolute Gasteiger partial charge is 0.0818 e. The molecule has 0 amide bonds. The van der Waals surface area contributed by atoms with Gasteiger partial charge in [0.15, 0.2) is 0 Å². The molecule has 5 heteroatoms. The Labute approximate surface area is 109 Å². The lowest BCUT2D eigenvalue weighted by molar-refractivity contribution is 0.369. The number of hydrogen-bond acceptors (Lipinski definition) is 3. The predicted octanol–water partition coefficient (Wildman–Crippen LogP) is 1.64. The molecule has 0 fully saturated rings. The summed E-state index contributed by atoms with van der Waals surface area (Å²) < 4.78 is 2.01. The van der Waals surface area contributed by atoms with Crippen LogP contribution in [0.2, 0.25) is 5.02 Å². The van der Waals surface area contributed by atoms with Gasteiger partial charge in [0.1, 0.15) is 0 Å². The fraction of sp³-hybridized carbons (Fsp3) is 0.750. The van der Waals surface area contributed by atoms with E-state index in [4.69, 9.17) is 11.6 Å². The van der Waals surface area contributed by atoms with Gasteiger partial charge in [0.2, 0.25) is 0 Å². The third-order valence-electron chi connectivity index (χ3n) is 2.62. The van der Waals surface area contributed by atoms with Gasteiger partial charge in [-0.15, -0.1) is 0 Å². The second-order valence-electron chi connectivity index (χ2n) is 4.47. The standard InChI is InChI=1S/C12H23ClN4/c1-4-6-14-7-5-12-11(13)10-15-17(12)9-8-16(2)3/h10,14H,4-9H2,1-3H3. The lowest BCUT2D eigenvalue weighted by Crippen LogP contribution is -2.22. The van der Waals surface area contributed by atoms with E-state index < -0.39 is 0 Å². The zero-order chi connectivity index (χ0) is 12.7. The van der Waals surface area contributed by atoms with Crippen LogP contribution < -0.4 is 5.32 Å². The Hall–Kier alpha value is -0.580. The predicted molar refractivity (Wildman–Crippen MR) is 72.7 cm³/mol. The fourth-order valence-corrected chi connectivity index (χ4v) is 1.87. The van der Waals surface area contributed by atoms with Crippen LogP contribution in [0.15, 0.2) is 6.20 Å². The Morgan fingerprint density at radius 2 is 2.18 bits per heavy atom. The van der Waals surface area contributed by atoms with Crippen LogP contribution in [0, 0.1) is 0 Å². The summed E-state index contributed by atoms with van der Waals surface area (Å²) in [5, 5.41) is 8.48. The highest BCUT2D eigenvalue weighted by atomic mass is 35.5. The van der Waals surface area contributed by atoms with Crippen molar-refractivity contribution in [1.82, 2.24) is 20.0 Å². The Morgan fingerprint density at radius 3 is 2.82 bits per heavy atom. The first-order valence-electron chi connectivity index (χ1n) is 6.20. The van der Waals surface area contributed by atoms with Crippen molar-refractivity contribution in [2.45, 2.75) is 26.3 Å². The van der Waals surface area contributed by atoms with E-state index in [0.717, 1.165) is 49.7 Å². The molecule has 0 spiro atoms. The Morgan fingerprint density at radius 1 is 1.41 bits per heavy atom. The van der Waals surface area contributed by atoms with Crippen molar-refractivity contribution < 1.29 is 0 Å². The van der Waals surface area contributed by atoms with E-state index in [9.17, 15) is 0 Å². The average Bonchev–Trinajstić information content (AvgIpc) is 2.63. The van der Waals surface area contributed by atoms with Crippen molar-refractivity contribution in [3.8, 4) is 0 Å².